The van der Waals surface area contributed by atoms with E-state index in [1.54, 1.807) is 20.8 Å². The maximum absolute atomic E-state index is 12.1. The van der Waals surface area contributed by atoms with E-state index in [0.29, 0.717) is 12.8 Å². The summed E-state index contributed by atoms with van der Waals surface area (Å²) in [5.74, 6) is -1.60. The molecule has 7 heteroatoms. The van der Waals surface area contributed by atoms with Crippen molar-refractivity contribution in [1.29, 1.82) is 0 Å². The lowest BCUT2D eigenvalue weighted by Gasteiger charge is -2.27. The second-order valence-corrected chi connectivity index (χ2v) is 4.66. The van der Waals surface area contributed by atoms with Crippen LogP contribution in [0.15, 0.2) is 0 Å². The lowest BCUT2D eigenvalue weighted by atomic mass is 10.2. The lowest BCUT2D eigenvalue weighted by Crippen LogP contribution is -2.51. The van der Waals surface area contributed by atoms with Crippen LogP contribution in [0.1, 0.15) is 40.5 Å². The Morgan fingerprint density at radius 1 is 1.25 bits per heavy atom. The third-order valence-electron chi connectivity index (χ3n) is 2.66. The molecule has 1 atom stereocenters. The Balaban J connectivity index is 4.71. The second kappa shape index (κ2) is 9.17. The highest BCUT2D eigenvalue weighted by atomic mass is 16.5. The van der Waals surface area contributed by atoms with E-state index >= 15 is 0 Å². The Hall–Kier alpha value is -1.79. The third kappa shape index (κ3) is 6.40. The number of carboxylic acids is 1. The van der Waals surface area contributed by atoms with Gasteiger partial charge in [-0.05, 0) is 27.2 Å². The Morgan fingerprint density at radius 3 is 2.25 bits per heavy atom. The highest BCUT2D eigenvalue weighted by Gasteiger charge is 2.25. The first-order valence-electron chi connectivity index (χ1n) is 6.78. The Labute approximate surface area is 119 Å². The minimum atomic E-state index is -1.08. The fourth-order valence-corrected chi connectivity index (χ4v) is 1.61. The molecule has 116 valence electrons. The number of carbonyl (C=O) groups is 3. The summed E-state index contributed by atoms with van der Waals surface area (Å²) in [4.78, 5) is 35.8. The first-order valence-corrected chi connectivity index (χ1v) is 6.78. The van der Waals surface area contributed by atoms with E-state index in [9.17, 15) is 14.4 Å². The maximum atomic E-state index is 12.1. The number of nitrogens with zero attached hydrogens (tertiary/aromatic N) is 1. The predicted octanol–water partition coefficient (Wildman–Crippen LogP) is 1.22. The molecule has 2 N–H and O–H groups in total. The van der Waals surface area contributed by atoms with Crippen LogP contribution in [0.4, 0.5) is 4.79 Å². The van der Waals surface area contributed by atoms with Gasteiger partial charge in [0.05, 0.1) is 6.61 Å². The smallest absolute Gasteiger partial charge is 0.326 e. The SMILES string of the molecule is CCC[C@@H](NC(=O)N(CC(=O)OCC)C(C)C)C(=O)O. The molecule has 0 aromatic heterocycles. The molecule has 0 aliphatic rings. The molecule has 0 unspecified atom stereocenters. The van der Waals surface area contributed by atoms with Crippen LogP contribution in [0.25, 0.3) is 0 Å². The van der Waals surface area contributed by atoms with Gasteiger partial charge in [-0.25, -0.2) is 9.59 Å². The fourth-order valence-electron chi connectivity index (χ4n) is 1.61. The van der Waals surface area contributed by atoms with Crippen molar-refractivity contribution in [3.8, 4) is 0 Å². The van der Waals surface area contributed by atoms with Crippen LogP contribution in [0.3, 0.4) is 0 Å². The van der Waals surface area contributed by atoms with Crippen molar-refractivity contribution < 1.29 is 24.2 Å². The van der Waals surface area contributed by atoms with Crippen LogP contribution in [-0.2, 0) is 14.3 Å². The summed E-state index contributed by atoms with van der Waals surface area (Å²) in [6.45, 7) is 7.04. The molecule has 0 heterocycles. The van der Waals surface area contributed by atoms with Gasteiger partial charge in [0.15, 0.2) is 0 Å². The van der Waals surface area contributed by atoms with E-state index in [4.69, 9.17) is 9.84 Å². The number of carbonyl (C=O) groups excluding carboxylic acids is 2. The summed E-state index contributed by atoms with van der Waals surface area (Å²) < 4.78 is 4.80. The number of urea groups is 1. The van der Waals surface area contributed by atoms with Crippen molar-refractivity contribution in [2.75, 3.05) is 13.2 Å². The topological polar surface area (TPSA) is 95.9 Å². The van der Waals surface area contributed by atoms with E-state index in [1.165, 1.54) is 4.90 Å². The quantitative estimate of drug-likeness (QED) is 0.655. The van der Waals surface area contributed by atoms with Crippen LogP contribution in [-0.4, -0.2) is 53.2 Å². The van der Waals surface area contributed by atoms with Crippen molar-refractivity contribution in [2.24, 2.45) is 0 Å². The highest BCUT2D eigenvalue weighted by Crippen LogP contribution is 2.03. The van der Waals surface area contributed by atoms with Crippen LogP contribution < -0.4 is 5.32 Å². The Kier molecular flexibility index (Phi) is 8.35. The van der Waals surface area contributed by atoms with E-state index in [-0.39, 0.29) is 19.2 Å². The molecule has 0 fully saturated rings. The maximum Gasteiger partial charge on any atom is 0.326 e. The zero-order chi connectivity index (χ0) is 15.7. The van der Waals surface area contributed by atoms with Gasteiger partial charge in [0.2, 0.25) is 0 Å². The van der Waals surface area contributed by atoms with Crippen molar-refractivity contribution in [1.82, 2.24) is 10.2 Å². The average Bonchev–Trinajstić information content (AvgIpc) is 2.35. The van der Waals surface area contributed by atoms with Gasteiger partial charge in [-0.15, -0.1) is 0 Å². The standard InChI is InChI=1S/C13H24N2O5/c1-5-7-10(12(17)18)14-13(19)15(9(3)4)8-11(16)20-6-2/h9-10H,5-8H2,1-4H3,(H,14,19)(H,17,18)/t10-/m1/s1. The van der Waals surface area contributed by atoms with Crippen LogP contribution >= 0.6 is 0 Å². The van der Waals surface area contributed by atoms with Gasteiger partial charge in [0.25, 0.3) is 0 Å². The molecule has 0 aliphatic heterocycles. The summed E-state index contributed by atoms with van der Waals surface area (Å²) in [6.07, 6.45) is 0.975. The fraction of sp³-hybridized carbons (Fsp3) is 0.769. The first-order chi connectivity index (χ1) is 9.33. The molecular weight excluding hydrogens is 264 g/mol. The lowest BCUT2D eigenvalue weighted by molar-refractivity contribution is -0.144. The van der Waals surface area contributed by atoms with Gasteiger partial charge in [0.1, 0.15) is 12.6 Å². The minimum Gasteiger partial charge on any atom is -0.480 e. The molecule has 0 radical (unpaired) electrons. The average molecular weight is 288 g/mol. The highest BCUT2D eigenvalue weighted by molar-refractivity contribution is 5.85. The van der Waals surface area contributed by atoms with E-state index in [0.717, 1.165) is 0 Å². The van der Waals surface area contributed by atoms with Gasteiger partial charge in [-0.3, -0.25) is 4.79 Å². The largest absolute Gasteiger partial charge is 0.480 e. The molecule has 20 heavy (non-hydrogen) atoms. The van der Waals surface area contributed by atoms with Crippen LogP contribution in [0.5, 0.6) is 0 Å². The summed E-state index contributed by atoms with van der Waals surface area (Å²) >= 11 is 0. The Morgan fingerprint density at radius 2 is 1.85 bits per heavy atom. The number of hydrogen-bond acceptors (Lipinski definition) is 4. The summed E-state index contributed by atoms with van der Waals surface area (Å²) in [6, 6.07) is -1.76. The number of carboxylic acid groups (broad SMARTS) is 1. The van der Waals surface area contributed by atoms with Gasteiger partial charge >= 0.3 is 18.0 Å². The molecule has 0 spiro atoms. The molecular formula is C13H24N2O5. The number of rotatable bonds is 8. The van der Waals surface area contributed by atoms with Gasteiger partial charge < -0.3 is 20.1 Å². The number of ether oxygens (including phenoxy) is 1. The van der Waals surface area contributed by atoms with Gasteiger partial charge in [0, 0.05) is 6.04 Å². The number of amides is 2. The summed E-state index contributed by atoms with van der Waals surface area (Å²) in [5, 5.41) is 11.4. The van der Waals surface area contributed by atoms with Gasteiger partial charge in [-0.1, -0.05) is 13.3 Å². The van der Waals surface area contributed by atoms with E-state index in [2.05, 4.69) is 5.32 Å². The van der Waals surface area contributed by atoms with Crippen molar-refractivity contribution in [3.63, 3.8) is 0 Å². The number of aliphatic carboxylic acids is 1. The molecule has 0 saturated carbocycles. The number of esters is 1. The molecule has 0 aliphatic carbocycles. The minimum absolute atomic E-state index is 0.199. The zero-order valence-electron chi connectivity index (χ0n) is 12.5. The molecule has 2 amide bonds. The van der Waals surface area contributed by atoms with E-state index < -0.39 is 24.0 Å². The van der Waals surface area contributed by atoms with Crippen LogP contribution in [0.2, 0.25) is 0 Å². The number of nitrogens with one attached hydrogen (secondary N) is 1. The third-order valence-corrected chi connectivity index (χ3v) is 2.66. The molecule has 0 aromatic carbocycles. The van der Waals surface area contributed by atoms with Crippen molar-refractivity contribution in [3.05, 3.63) is 0 Å². The molecule has 7 nitrogen and oxygen atoms in total. The molecule has 0 aromatic rings. The van der Waals surface area contributed by atoms with Gasteiger partial charge in [-0.2, -0.15) is 0 Å². The zero-order valence-corrected chi connectivity index (χ0v) is 12.5. The summed E-state index contributed by atoms with van der Waals surface area (Å²) in [5.41, 5.74) is 0. The normalized spacial score (nSPS) is 11.8. The molecule has 0 saturated heterocycles. The number of hydrogen-bond donors (Lipinski definition) is 2. The van der Waals surface area contributed by atoms with Crippen molar-refractivity contribution >= 4 is 18.0 Å². The second-order valence-electron chi connectivity index (χ2n) is 4.66. The first kappa shape index (κ1) is 18.2. The summed E-state index contributed by atoms with van der Waals surface area (Å²) in [7, 11) is 0. The van der Waals surface area contributed by atoms with Crippen molar-refractivity contribution in [2.45, 2.75) is 52.6 Å². The molecule has 0 rings (SSSR count). The Bertz CT molecular complexity index is 344. The molecule has 0 bridgehead atoms. The van der Waals surface area contributed by atoms with E-state index in [1.807, 2.05) is 6.92 Å². The van der Waals surface area contributed by atoms with Crippen LogP contribution in [0, 0.1) is 0 Å². The monoisotopic (exact) mass is 288 g/mol. The predicted molar refractivity (Wildman–Crippen MR) is 73.3 cm³/mol.